The predicted molar refractivity (Wildman–Crippen MR) is 56.3 cm³/mol. The first kappa shape index (κ1) is 8.84. The number of anilines is 1. The maximum absolute atomic E-state index is 5.94. The van der Waals surface area contributed by atoms with Gasteiger partial charge in [-0.15, -0.1) is 0 Å². The van der Waals surface area contributed by atoms with Gasteiger partial charge in [-0.1, -0.05) is 27.5 Å². The SMILES string of the molecule is CNc1nc2cc(Br)cc(Cl)c2o1. The van der Waals surface area contributed by atoms with Crippen LogP contribution in [0.2, 0.25) is 5.02 Å². The van der Waals surface area contributed by atoms with Gasteiger partial charge >= 0.3 is 0 Å². The molecule has 2 aromatic rings. The minimum atomic E-state index is 0.468. The highest BCUT2D eigenvalue weighted by Crippen LogP contribution is 2.29. The van der Waals surface area contributed by atoms with Crippen molar-refractivity contribution in [3.63, 3.8) is 0 Å². The van der Waals surface area contributed by atoms with Crippen LogP contribution in [-0.4, -0.2) is 12.0 Å². The van der Waals surface area contributed by atoms with E-state index >= 15 is 0 Å². The van der Waals surface area contributed by atoms with Gasteiger partial charge in [0.05, 0.1) is 5.02 Å². The van der Waals surface area contributed by atoms with Crippen LogP contribution in [0.5, 0.6) is 0 Å². The fourth-order valence-electron chi connectivity index (χ4n) is 1.07. The molecule has 1 N–H and O–H groups in total. The largest absolute Gasteiger partial charge is 0.422 e. The summed E-state index contributed by atoms with van der Waals surface area (Å²) in [5.41, 5.74) is 1.35. The van der Waals surface area contributed by atoms with E-state index in [9.17, 15) is 0 Å². The van der Waals surface area contributed by atoms with Gasteiger partial charge in [0, 0.05) is 11.5 Å². The van der Waals surface area contributed by atoms with Gasteiger partial charge < -0.3 is 9.73 Å². The second-order valence-corrected chi connectivity index (χ2v) is 3.83. The van der Waals surface area contributed by atoms with Gasteiger partial charge in [0.2, 0.25) is 0 Å². The number of hydrogen-bond donors (Lipinski definition) is 1. The fourth-order valence-corrected chi connectivity index (χ4v) is 1.90. The number of aromatic nitrogens is 1. The first-order valence-corrected chi connectivity index (χ1v) is 4.81. The summed E-state index contributed by atoms with van der Waals surface area (Å²) < 4.78 is 6.22. The molecule has 2 rings (SSSR count). The molecule has 0 aliphatic rings. The highest BCUT2D eigenvalue weighted by Gasteiger charge is 2.08. The molecule has 0 saturated heterocycles. The lowest BCUT2D eigenvalue weighted by molar-refractivity contribution is 0.620. The van der Waals surface area contributed by atoms with Crippen molar-refractivity contribution in [3.8, 4) is 0 Å². The fraction of sp³-hybridized carbons (Fsp3) is 0.125. The number of halogens is 2. The molecule has 0 aliphatic carbocycles. The van der Waals surface area contributed by atoms with Crippen molar-refractivity contribution in [2.75, 3.05) is 12.4 Å². The molecule has 0 bridgehead atoms. The molecule has 13 heavy (non-hydrogen) atoms. The normalized spacial score (nSPS) is 10.7. The third-order valence-electron chi connectivity index (χ3n) is 1.62. The van der Waals surface area contributed by atoms with E-state index in [0.717, 1.165) is 9.99 Å². The lowest BCUT2D eigenvalue weighted by Gasteiger charge is -1.91. The Bertz CT molecular complexity index is 455. The van der Waals surface area contributed by atoms with Crippen LogP contribution in [0.4, 0.5) is 6.01 Å². The summed E-state index contributed by atoms with van der Waals surface area (Å²) in [6.45, 7) is 0. The van der Waals surface area contributed by atoms with Crippen LogP contribution < -0.4 is 5.32 Å². The predicted octanol–water partition coefficient (Wildman–Crippen LogP) is 3.29. The molecule has 0 radical (unpaired) electrons. The number of nitrogens with zero attached hydrogens (tertiary/aromatic N) is 1. The lowest BCUT2D eigenvalue weighted by Crippen LogP contribution is -1.85. The van der Waals surface area contributed by atoms with Gasteiger partial charge in [0.1, 0.15) is 5.52 Å². The topological polar surface area (TPSA) is 38.1 Å². The van der Waals surface area contributed by atoms with Crippen molar-refractivity contribution < 1.29 is 4.42 Å². The third-order valence-corrected chi connectivity index (χ3v) is 2.36. The second-order valence-electron chi connectivity index (χ2n) is 2.50. The molecule has 0 spiro atoms. The molecule has 0 amide bonds. The highest BCUT2D eigenvalue weighted by molar-refractivity contribution is 9.10. The summed E-state index contributed by atoms with van der Waals surface area (Å²) in [6, 6.07) is 4.09. The van der Waals surface area contributed by atoms with Crippen molar-refractivity contribution in [3.05, 3.63) is 21.6 Å². The standard InChI is InChI=1S/C8H6BrClN2O/c1-11-8-12-6-3-4(9)2-5(10)7(6)13-8/h2-3H,1H3,(H,11,12). The minimum absolute atomic E-state index is 0.468. The number of nitrogens with one attached hydrogen (secondary N) is 1. The molecular formula is C8H6BrClN2O. The molecular weight excluding hydrogens is 255 g/mol. The van der Waals surface area contributed by atoms with E-state index in [1.807, 2.05) is 6.07 Å². The molecule has 0 saturated carbocycles. The maximum Gasteiger partial charge on any atom is 0.295 e. The molecule has 68 valence electrons. The Morgan fingerprint density at radius 1 is 1.54 bits per heavy atom. The molecule has 1 aromatic carbocycles. The number of benzene rings is 1. The molecule has 0 fully saturated rings. The van der Waals surface area contributed by atoms with Crippen molar-refractivity contribution >= 4 is 44.6 Å². The summed E-state index contributed by atoms with van der Waals surface area (Å²) >= 11 is 9.27. The van der Waals surface area contributed by atoms with Crippen LogP contribution in [0.1, 0.15) is 0 Å². The number of hydrogen-bond acceptors (Lipinski definition) is 3. The Morgan fingerprint density at radius 2 is 2.31 bits per heavy atom. The van der Waals surface area contributed by atoms with Crippen LogP contribution in [0, 0.1) is 0 Å². The monoisotopic (exact) mass is 260 g/mol. The number of fused-ring (bicyclic) bond motifs is 1. The summed E-state index contributed by atoms with van der Waals surface area (Å²) in [5, 5.41) is 3.37. The van der Waals surface area contributed by atoms with Crippen molar-refractivity contribution in [1.29, 1.82) is 0 Å². The highest BCUT2D eigenvalue weighted by atomic mass is 79.9. The van der Waals surface area contributed by atoms with Crippen LogP contribution in [0.3, 0.4) is 0 Å². The van der Waals surface area contributed by atoms with Crippen LogP contribution in [0.25, 0.3) is 11.1 Å². The second kappa shape index (κ2) is 3.20. The summed E-state index contributed by atoms with van der Waals surface area (Å²) in [7, 11) is 1.74. The zero-order chi connectivity index (χ0) is 9.42. The lowest BCUT2D eigenvalue weighted by atomic mass is 10.3. The first-order valence-electron chi connectivity index (χ1n) is 3.64. The van der Waals surface area contributed by atoms with Gasteiger partial charge in [-0.2, -0.15) is 4.98 Å². The molecule has 5 heteroatoms. The van der Waals surface area contributed by atoms with E-state index in [0.29, 0.717) is 16.6 Å². The third kappa shape index (κ3) is 1.51. The van der Waals surface area contributed by atoms with Crippen LogP contribution in [-0.2, 0) is 0 Å². The van der Waals surface area contributed by atoms with Gasteiger partial charge in [-0.25, -0.2) is 0 Å². The Morgan fingerprint density at radius 3 is 3.00 bits per heavy atom. The van der Waals surface area contributed by atoms with Gasteiger partial charge in [0.15, 0.2) is 5.58 Å². The molecule has 0 aliphatic heterocycles. The molecule has 0 unspecified atom stereocenters. The van der Waals surface area contributed by atoms with Gasteiger partial charge in [-0.05, 0) is 12.1 Å². The van der Waals surface area contributed by atoms with Crippen molar-refractivity contribution in [2.24, 2.45) is 0 Å². The van der Waals surface area contributed by atoms with E-state index in [1.165, 1.54) is 0 Å². The van der Waals surface area contributed by atoms with E-state index in [-0.39, 0.29) is 0 Å². The van der Waals surface area contributed by atoms with E-state index in [2.05, 4.69) is 26.2 Å². The molecule has 1 aromatic heterocycles. The Hall–Kier alpha value is -0.740. The van der Waals surface area contributed by atoms with Gasteiger partial charge in [-0.3, -0.25) is 0 Å². The average Bonchev–Trinajstić information content (AvgIpc) is 2.47. The Balaban J connectivity index is 2.75. The Kier molecular flexibility index (Phi) is 2.17. The van der Waals surface area contributed by atoms with E-state index < -0.39 is 0 Å². The van der Waals surface area contributed by atoms with Crippen molar-refractivity contribution in [1.82, 2.24) is 4.98 Å². The van der Waals surface area contributed by atoms with Crippen molar-refractivity contribution in [2.45, 2.75) is 0 Å². The zero-order valence-corrected chi connectivity index (χ0v) is 9.11. The molecule has 0 atom stereocenters. The van der Waals surface area contributed by atoms with Crippen LogP contribution in [0.15, 0.2) is 21.0 Å². The van der Waals surface area contributed by atoms with Gasteiger partial charge in [0.25, 0.3) is 6.01 Å². The number of rotatable bonds is 1. The summed E-state index contributed by atoms with van der Waals surface area (Å²) in [6.07, 6.45) is 0. The van der Waals surface area contributed by atoms with Crippen LogP contribution >= 0.6 is 27.5 Å². The quantitative estimate of drug-likeness (QED) is 0.856. The minimum Gasteiger partial charge on any atom is -0.422 e. The first-order chi connectivity index (χ1) is 6.20. The Labute approximate surface area is 88.2 Å². The van der Waals surface area contributed by atoms with E-state index in [1.54, 1.807) is 13.1 Å². The zero-order valence-electron chi connectivity index (χ0n) is 6.77. The maximum atomic E-state index is 5.94. The smallest absolute Gasteiger partial charge is 0.295 e. The number of oxazole rings is 1. The summed E-state index contributed by atoms with van der Waals surface area (Å²) in [5.74, 6) is 0. The molecule has 3 nitrogen and oxygen atoms in total. The van der Waals surface area contributed by atoms with E-state index in [4.69, 9.17) is 16.0 Å². The summed E-state index contributed by atoms with van der Waals surface area (Å²) in [4.78, 5) is 4.16. The molecule has 1 heterocycles. The average molecular weight is 262 g/mol.